The molecule has 0 aromatic heterocycles. The van der Waals surface area contributed by atoms with Gasteiger partial charge in [0.1, 0.15) is 0 Å². The van der Waals surface area contributed by atoms with Gasteiger partial charge >= 0.3 is 0 Å². The van der Waals surface area contributed by atoms with E-state index in [9.17, 15) is 15.3 Å². The first kappa shape index (κ1) is 25.8. The van der Waals surface area contributed by atoms with Crippen molar-refractivity contribution in [2.45, 2.75) is 52.9 Å². The minimum atomic E-state index is -0.357. The van der Waals surface area contributed by atoms with Crippen LogP contribution in [0.2, 0.25) is 0 Å². The minimum absolute atomic E-state index is 0.335. The maximum absolute atomic E-state index is 9.90. The lowest BCUT2D eigenvalue weighted by molar-refractivity contribution is 0.0653. The highest BCUT2D eigenvalue weighted by Gasteiger charge is 2.19. The van der Waals surface area contributed by atoms with E-state index in [2.05, 4.69) is 33.4 Å². The second-order valence-corrected chi connectivity index (χ2v) is 9.14. The smallest absolute Gasteiger partial charge is 0.0639 e. The SMILES string of the molecule is CC(C)CN1CCN(C[C@@H](C)O)CCN(C[C@@H](C)O)CCN(C[C@@H](C)O)CC1. The van der Waals surface area contributed by atoms with Gasteiger partial charge in [0, 0.05) is 78.5 Å². The van der Waals surface area contributed by atoms with Crippen LogP contribution < -0.4 is 0 Å². The summed E-state index contributed by atoms with van der Waals surface area (Å²) in [5, 5.41) is 29.7. The van der Waals surface area contributed by atoms with E-state index in [1.165, 1.54) is 0 Å². The van der Waals surface area contributed by atoms with Crippen molar-refractivity contribution >= 4 is 0 Å². The number of aliphatic hydroxyl groups is 3. The standard InChI is InChI=1S/C21H46N4O3/c1-18(2)14-22-6-8-23(15-19(3)26)10-12-25(17-21(5)28)13-11-24(9-7-22)16-20(4)27/h18-21,26-28H,6-17H2,1-5H3/t19-,20-,21-/m1/s1. The molecule has 0 aromatic rings. The highest BCUT2D eigenvalue weighted by Crippen LogP contribution is 2.05. The normalized spacial score (nSPS) is 23.9. The molecule has 1 saturated heterocycles. The molecule has 0 bridgehead atoms. The Morgan fingerprint density at radius 1 is 0.464 bits per heavy atom. The molecule has 28 heavy (non-hydrogen) atoms. The van der Waals surface area contributed by atoms with Gasteiger partial charge in [0.2, 0.25) is 0 Å². The molecule has 7 heteroatoms. The van der Waals surface area contributed by atoms with E-state index in [1.54, 1.807) is 0 Å². The van der Waals surface area contributed by atoms with Gasteiger partial charge in [-0.1, -0.05) is 13.8 Å². The molecule has 3 atom stereocenters. The topological polar surface area (TPSA) is 73.7 Å². The number of nitrogens with zero attached hydrogens (tertiary/aromatic N) is 4. The number of hydrogen-bond donors (Lipinski definition) is 3. The summed E-state index contributed by atoms with van der Waals surface area (Å²) in [4.78, 5) is 9.52. The van der Waals surface area contributed by atoms with Crippen molar-refractivity contribution in [1.82, 2.24) is 19.6 Å². The molecule has 168 valence electrons. The second kappa shape index (κ2) is 13.9. The Bertz CT molecular complexity index is 306. The molecule has 1 aliphatic heterocycles. The molecule has 1 rings (SSSR count). The summed E-state index contributed by atoms with van der Waals surface area (Å²) in [6, 6.07) is 0. The number of β-amino-alcohol motifs (C(OH)–C–C–N with tert-alkyl or cyclic N) is 3. The summed E-state index contributed by atoms with van der Waals surface area (Å²) in [6.45, 7) is 20.6. The first-order chi connectivity index (χ1) is 13.2. The van der Waals surface area contributed by atoms with Gasteiger partial charge < -0.3 is 20.2 Å². The van der Waals surface area contributed by atoms with Crippen LogP contribution in [0.1, 0.15) is 34.6 Å². The molecule has 0 amide bonds. The van der Waals surface area contributed by atoms with Gasteiger partial charge in [-0.25, -0.2) is 0 Å². The summed E-state index contributed by atoms with van der Waals surface area (Å²) in [7, 11) is 0. The van der Waals surface area contributed by atoms with Crippen LogP contribution in [0.3, 0.4) is 0 Å². The maximum Gasteiger partial charge on any atom is 0.0639 e. The minimum Gasteiger partial charge on any atom is -0.392 e. The van der Waals surface area contributed by atoms with Crippen molar-refractivity contribution in [3.63, 3.8) is 0 Å². The fourth-order valence-corrected chi connectivity index (χ4v) is 3.95. The fraction of sp³-hybridized carbons (Fsp3) is 1.00. The summed E-state index contributed by atoms with van der Waals surface area (Å²) in [6.07, 6.45) is -1.03. The van der Waals surface area contributed by atoms with Crippen LogP contribution in [0.15, 0.2) is 0 Å². The Balaban J connectivity index is 2.85. The number of aliphatic hydroxyl groups excluding tert-OH is 3. The van der Waals surface area contributed by atoms with Gasteiger partial charge in [0.15, 0.2) is 0 Å². The van der Waals surface area contributed by atoms with Crippen LogP contribution in [0.4, 0.5) is 0 Å². The maximum atomic E-state index is 9.90. The van der Waals surface area contributed by atoms with E-state index < -0.39 is 0 Å². The third-order valence-electron chi connectivity index (χ3n) is 5.12. The van der Waals surface area contributed by atoms with E-state index >= 15 is 0 Å². The lowest BCUT2D eigenvalue weighted by atomic mass is 10.2. The molecule has 0 aliphatic carbocycles. The lowest BCUT2D eigenvalue weighted by Crippen LogP contribution is -2.49. The van der Waals surface area contributed by atoms with Crippen molar-refractivity contribution in [3.05, 3.63) is 0 Å². The predicted molar refractivity (Wildman–Crippen MR) is 116 cm³/mol. The van der Waals surface area contributed by atoms with Crippen molar-refractivity contribution in [2.75, 3.05) is 78.5 Å². The van der Waals surface area contributed by atoms with E-state index in [-0.39, 0.29) is 18.3 Å². The Labute approximate surface area is 172 Å². The van der Waals surface area contributed by atoms with Gasteiger partial charge in [0.05, 0.1) is 18.3 Å². The van der Waals surface area contributed by atoms with Crippen LogP contribution in [-0.2, 0) is 0 Å². The molecule has 0 spiro atoms. The third kappa shape index (κ3) is 12.3. The first-order valence-electron chi connectivity index (χ1n) is 11.1. The van der Waals surface area contributed by atoms with Crippen molar-refractivity contribution in [1.29, 1.82) is 0 Å². The van der Waals surface area contributed by atoms with Crippen LogP contribution >= 0.6 is 0 Å². The van der Waals surface area contributed by atoms with E-state index in [4.69, 9.17) is 0 Å². The van der Waals surface area contributed by atoms with Gasteiger partial charge in [-0.3, -0.25) is 14.7 Å². The monoisotopic (exact) mass is 402 g/mol. The quantitative estimate of drug-likeness (QED) is 0.528. The zero-order valence-corrected chi connectivity index (χ0v) is 18.9. The fourth-order valence-electron chi connectivity index (χ4n) is 3.95. The van der Waals surface area contributed by atoms with Gasteiger partial charge in [-0.2, -0.15) is 0 Å². The zero-order chi connectivity index (χ0) is 21.1. The van der Waals surface area contributed by atoms with Crippen molar-refractivity contribution in [2.24, 2.45) is 5.92 Å². The molecule has 0 radical (unpaired) electrons. The molecule has 1 aliphatic rings. The second-order valence-electron chi connectivity index (χ2n) is 9.14. The number of rotatable bonds is 8. The molecule has 1 fully saturated rings. The number of hydrogen-bond acceptors (Lipinski definition) is 7. The van der Waals surface area contributed by atoms with E-state index in [0.717, 1.165) is 58.9 Å². The summed E-state index contributed by atoms with van der Waals surface area (Å²) in [5.74, 6) is 0.616. The first-order valence-corrected chi connectivity index (χ1v) is 11.1. The average Bonchev–Trinajstić information content (AvgIpc) is 2.55. The Morgan fingerprint density at radius 2 is 0.679 bits per heavy atom. The molecule has 1 heterocycles. The Morgan fingerprint density at radius 3 is 0.857 bits per heavy atom. The van der Waals surface area contributed by atoms with E-state index in [1.807, 2.05) is 20.8 Å². The third-order valence-corrected chi connectivity index (χ3v) is 5.12. The van der Waals surface area contributed by atoms with Gasteiger partial charge in [0.25, 0.3) is 0 Å². The summed E-state index contributed by atoms with van der Waals surface area (Å²) < 4.78 is 0. The van der Waals surface area contributed by atoms with Crippen LogP contribution in [0.5, 0.6) is 0 Å². The predicted octanol–water partition coefficient (Wildman–Crippen LogP) is 0.00640. The molecule has 0 aromatic carbocycles. The lowest BCUT2D eigenvalue weighted by Gasteiger charge is -2.35. The van der Waals surface area contributed by atoms with Crippen LogP contribution in [0.25, 0.3) is 0 Å². The molecule has 7 nitrogen and oxygen atoms in total. The summed E-state index contributed by atoms with van der Waals surface area (Å²) in [5.41, 5.74) is 0. The highest BCUT2D eigenvalue weighted by atomic mass is 16.3. The van der Waals surface area contributed by atoms with Crippen molar-refractivity contribution in [3.8, 4) is 0 Å². The van der Waals surface area contributed by atoms with Crippen LogP contribution in [0, 0.1) is 5.92 Å². The highest BCUT2D eigenvalue weighted by molar-refractivity contribution is 4.74. The summed E-state index contributed by atoms with van der Waals surface area (Å²) >= 11 is 0. The van der Waals surface area contributed by atoms with Gasteiger partial charge in [-0.05, 0) is 26.7 Å². The molecule has 0 unspecified atom stereocenters. The average molecular weight is 403 g/mol. The zero-order valence-electron chi connectivity index (χ0n) is 18.9. The largest absolute Gasteiger partial charge is 0.392 e. The Hall–Kier alpha value is -0.280. The molecular formula is C21H46N4O3. The Kier molecular flexibility index (Phi) is 12.7. The molecule has 0 saturated carbocycles. The molecular weight excluding hydrogens is 356 g/mol. The van der Waals surface area contributed by atoms with E-state index in [0.29, 0.717) is 25.6 Å². The molecule has 3 N–H and O–H groups in total. The van der Waals surface area contributed by atoms with Crippen molar-refractivity contribution < 1.29 is 15.3 Å². The van der Waals surface area contributed by atoms with Gasteiger partial charge in [-0.15, -0.1) is 0 Å². The van der Waals surface area contributed by atoms with Crippen LogP contribution in [-0.4, -0.2) is 132 Å².